The fourth-order valence-electron chi connectivity index (χ4n) is 1.29. The summed E-state index contributed by atoms with van der Waals surface area (Å²) in [7, 11) is 0. The normalized spacial score (nSPS) is 11.8. The van der Waals surface area contributed by atoms with Gasteiger partial charge in [-0.1, -0.05) is 18.5 Å². The van der Waals surface area contributed by atoms with E-state index in [1.807, 2.05) is 6.92 Å². The van der Waals surface area contributed by atoms with Crippen molar-refractivity contribution in [2.75, 3.05) is 0 Å². The Morgan fingerprint density at radius 2 is 2.19 bits per heavy atom. The molecule has 7 heteroatoms. The topological polar surface area (TPSA) is 34.9 Å². The number of rotatable bonds is 4. The zero-order valence-corrected chi connectivity index (χ0v) is 9.27. The molecule has 0 fully saturated rings. The van der Waals surface area contributed by atoms with Gasteiger partial charge in [0.1, 0.15) is 12.1 Å². The molecule has 0 aliphatic rings. The second-order valence-corrected chi connectivity index (χ2v) is 3.69. The number of aryl methyl sites for hydroxylation is 1. The standard InChI is InChI=1S/C9H10ClF3N2O/c1-2-3-15-8(6(10)5-14-15)7(16)4-9(11,12)13/h5H,2-4H2,1H3. The highest BCUT2D eigenvalue weighted by molar-refractivity contribution is 6.33. The number of nitrogens with zero attached hydrogens (tertiary/aromatic N) is 2. The number of ketones is 1. The molecule has 1 heterocycles. The maximum Gasteiger partial charge on any atom is 0.396 e. The molecule has 1 aromatic rings. The molecule has 0 aliphatic carbocycles. The SMILES string of the molecule is CCCn1ncc(Cl)c1C(=O)CC(F)(F)F. The second-order valence-electron chi connectivity index (χ2n) is 3.28. The van der Waals surface area contributed by atoms with Crippen LogP contribution in [0.5, 0.6) is 0 Å². The van der Waals surface area contributed by atoms with Crippen molar-refractivity contribution in [1.82, 2.24) is 9.78 Å². The lowest BCUT2D eigenvalue weighted by Gasteiger charge is -2.07. The van der Waals surface area contributed by atoms with Crippen molar-refractivity contribution in [3.8, 4) is 0 Å². The van der Waals surface area contributed by atoms with Gasteiger partial charge in [0.25, 0.3) is 0 Å². The number of carbonyl (C=O) groups excluding carboxylic acids is 1. The summed E-state index contributed by atoms with van der Waals surface area (Å²) < 4.78 is 37.4. The third-order valence-corrected chi connectivity index (χ3v) is 2.13. The van der Waals surface area contributed by atoms with Crippen LogP contribution in [0.4, 0.5) is 13.2 Å². The highest BCUT2D eigenvalue weighted by Crippen LogP contribution is 2.25. The third-order valence-electron chi connectivity index (χ3n) is 1.86. The molecule has 0 bridgehead atoms. The van der Waals surface area contributed by atoms with Crippen molar-refractivity contribution in [1.29, 1.82) is 0 Å². The summed E-state index contributed by atoms with van der Waals surface area (Å²) in [6.45, 7) is 2.19. The summed E-state index contributed by atoms with van der Waals surface area (Å²) in [6, 6.07) is 0. The van der Waals surface area contributed by atoms with Gasteiger partial charge in [-0.15, -0.1) is 0 Å². The minimum Gasteiger partial charge on any atom is -0.292 e. The zero-order chi connectivity index (χ0) is 12.3. The lowest BCUT2D eigenvalue weighted by atomic mass is 10.2. The van der Waals surface area contributed by atoms with Crippen molar-refractivity contribution in [2.24, 2.45) is 0 Å². The Kier molecular flexibility index (Phi) is 3.96. The van der Waals surface area contributed by atoms with Crippen molar-refractivity contribution >= 4 is 17.4 Å². The minimum absolute atomic E-state index is 0.0392. The fourth-order valence-corrected chi connectivity index (χ4v) is 1.53. The number of carbonyl (C=O) groups is 1. The van der Waals surface area contributed by atoms with Gasteiger partial charge < -0.3 is 0 Å². The van der Waals surface area contributed by atoms with Gasteiger partial charge in [0.15, 0.2) is 5.78 Å². The van der Waals surface area contributed by atoms with Crippen LogP contribution in [0.15, 0.2) is 6.20 Å². The van der Waals surface area contributed by atoms with Crippen molar-refractivity contribution in [2.45, 2.75) is 32.5 Å². The maximum atomic E-state index is 12.1. The molecule has 0 saturated carbocycles. The molecular formula is C9H10ClF3N2O. The molecule has 0 amide bonds. The third kappa shape index (κ3) is 3.23. The van der Waals surface area contributed by atoms with E-state index in [9.17, 15) is 18.0 Å². The molecule has 0 aliphatic heterocycles. The molecule has 1 rings (SSSR count). The Hall–Kier alpha value is -1.04. The molecule has 16 heavy (non-hydrogen) atoms. The average Bonchev–Trinajstić information content (AvgIpc) is 2.44. The second kappa shape index (κ2) is 4.86. The largest absolute Gasteiger partial charge is 0.396 e. The number of alkyl halides is 3. The molecule has 0 saturated heterocycles. The molecule has 90 valence electrons. The van der Waals surface area contributed by atoms with Crippen LogP contribution in [-0.2, 0) is 6.54 Å². The monoisotopic (exact) mass is 254 g/mol. The molecule has 1 aromatic heterocycles. The Labute approximate surface area is 95.2 Å². The van der Waals surface area contributed by atoms with E-state index in [0.717, 1.165) is 0 Å². The van der Waals surface area contributed by atoms with Crippen LogP contribution < -0.4 is 0 Å². The van der Waals surface area contributed by atoms with Gasteiger partial charge in [-0.05, 0) is 6.42 Å². The molecule has 0 radical (unpaired) electrons. The number of Topliss-reactive ketones (excluding diaryl/α,β-unsaturated/α-hetero) is 1. The first-order valence-electron chi connectivity index (χ1n) is 4.66. The minimum atomic E-state index is -4.53. The molecule has 0 atom stereocenters. The van der Waals surface area contributed by atoms with E-state index in [1.165, 1.54) is 10.9 Å². The van der Waals surface area contributed by atoms with E-state index in [0.29, 0.717) is 13.0 Å². The van der Waals surface area contributed by atoms with Gasteiger partial charge in [-0.2, -0.15) is 18.3 Å². The smallest absolute Gasteiger partial charge is 0.292 e. The molecular weight excluding hydrogens is 245 g/mol. The number of halogens is 4. The van der Waals surface area contributed by atoms with E-state index in [2.05, 4.69) is 5.10 Å². The van der Waals surface area contributed by atoms with E-state index >= 15 is 0 Å². The molecule has 0 N–H and O–H groups in total. The van der Waals surface area contributed by atoms with Crippen LogP contribution in [0, 0.1) is 0 Å². The zero-order valence-electron chi connectivity index (χ0n) is 8.51. The van der Waals surface area contributed by atoms with Crippen molar-refractivity contribution < 1.29 is 18.0 Å². The Morgan fingerprint density at radius 3 is 2.69 bits per heavy atom. The summed E-state index contributed by atoms with van der Waals surface area (Å²) in [5.41, 5.74) is -0.166. The predicted molar refractivity (Wildman–Crippen MR) is 52.5 cm³/mol. The van der Waals surface area contributed by atoms with Crippen molar-refractivity contribution in [3.63, 3.8) is 0 Å². The van der Waals surface area contributed by atoms with Gasteiger partial charge in [0.2, 0.25) is 0 Å². The lowest BCUT2D eigenvalue weighted by Crippen LogP contribution is -2.18. The molecule has 0 aromatic carbocycles. The Balaban J connectivity index is 2.93. The first-order valence-corrected chi connectivity index (χ1v) is 5.04. The van der Waals surface area contributed by atoms with Crippen LogP contribution in [0.25, 0.3) is 0 Å². The summed E-state index contributed by atoms with van der Waals surface area (Å²) >= 11 is 5.63. The molecule has 3 nitrogen and oxygen atoms in total. The first kappa shape index (κ1) is 13.0. The maximum absolute atomic E-state index is 12.1. The van der Waals surface area contributed by atoms with Gasteiger partial charge in [-0.3, -0.25) is 9.48 Å². The summed E-state index contributed by atoms with van der Waals surface area (Å²) in [4.78, 5) is 11.4. The van der Waals surface area contributed by atoms with Crippen LogP contribution in [-0.4, -0.2) is 21.7 Å². The fraction of sp³-hybridized carbons (Fsp3) is 0.556. The Bertz CT molecular complexity index is 387. The Morgan fingerprint density at radius 1 is 1.56 bits per heavy atom. The van der Waals surface area contributed by atoms with E-state index in [-0.39, 0.29) is 10.7 Å². The highest BCUT2D eigenvalue weighted by atomic mass is 35.5. The van der Waals surface area contributed by atoms with E-state index in [1.54, 1.807) is 0 Å². The summed E-state index contributed by atoms with van der Waals surface area (Å²) in [6.07, 6.45) is -4.20. The predicted octanol–water partition coefficient (Wildman–Crippen LogP) is 3.08. The van der Waals surface area contributed by atoms with Gasteiger partial charge in [0.05, 0.1) is 11.2 Å². The lowest BCUT2D eigenvalue weighted by molar-refractivity contribution is -0.125. The van der Waals surface area contributed by atoms with Crippen LogP contribution in [0.2, 0.25) is 5.02 Å². The molecule has 0 unspecified atom stereocenters. The van der Waals surface area contributed by atoms with Crippen LogP contribution >= 0.6 is 11.6 Å². The quantitative estimate of drug-likeness (QED) is 0.774. The highest BCUT2D eigenvalue weighted by Gasteiger charge is 2.33. The average molecular weight is 255 g/mol. The van der Waals surface area contributed by atoms with Gasteiger partial charge >= 0.3 is 6.18 Å². The first-order chi connectivity index (χ1) is 7.35. The van der Waals surface area contributed by atoms with Gasteiger partial charge in [-0.25, -0.2) is 0 Å². The van der Waals surface area contributed by atoms with Crippen LogP contribution in [0.3, 0.4) is 0 Å². The van der Waals surface area contributed by atoms with Crippen molar-refractivity contribution in [3.05, 3.63) is 16.9 Å². The number of aromatic nitrogens is 2. The van der Waals surface area contributed by atoms with E-state index < -0.39 is 18.4 Å². The van der Waals surface area contributed by atoms with E-state index in [4.69, 9.17) is 11.6 Å². The number of hydrogen-bond donors (Lipinski definition) is 0. The van der Waals surface area contributed by atoms with Gasteiger partial charge in [0, 0.05) is 6.54 Å². The molecule has 0 spiro atoms. The summed E-state index contributed by atoms with van der Waals surface area (Å²) in [5.74, 6) is -1.05. The summed E-state index contributed by atoms with van der Waals surface area (Å²) in [5, 5.41) is 3.71. The number of hydrogen-bond acceptors (Lipinski definition) is 2. The van der Waals surface area contributed by atoms with Crippen LogP contribution in [0.1, 0.15) is 30.3 Å².